The highest BCUT2D eigenvalue weighted by molar-refractivity contribution is 9.10. The van der Waals surface area contributed by atoms with E-state index in [0.29, 0.717) is 12.0 Å². The van der Waals surface area contributed by atoms with E-state index in [9.17, 15) is 9.90 Å². The van der Waals surface area contributed by atoms with Crippen LogP contribution in [0.25, 0.3) is 6.08 Å². The Hall–Kier alpha value is -1.33. The van der Waals surface area contributed by atoms with Gasteiger partial charge in [-0.25, -0.2) is 0 Å². The first-order valence-corrected chi connectivity index (χ1v) is 7.48. The number of halogens is 1. The van der Waals surface area contributed by atoms with Crippen LogP contribution in [-0.4, -0.2) is 30.3 Å². The molecule has 1 heterocycles. The van der Waals surface area contributed by atoms with E-state index < -0.39 is 6.10 Å². The van der Waals surface area contributed by atoms with Gasteiger partial charge in [-0.1, -0.05) is 29.3 Å². The maximum absolute atomic E-state index is 12.0. The van der Waals surface area contributed by atoms with E-state index in [1.54, 1.807) is 0 Å². The van der Waals surface area contributed by atoms with Crippen molar-refractivity contribution >= 4 is 27.9 Å². The van der Waals surface area contributed by atoms with Gasteiger partial charge in [-0.05, 0) is 30.7 Å². The molecule has 4 nitrogen and oxygen atoms in total. The first-order chi connectivity index (χ1) is 9.60. The number of aliphatic hydroxyl groups is 1. The summed E-state index contributed by atoms with van der Waals surface area (Å²) in [5, 5.41) is 12.4. The molecule has 1 aliphatic rings. The number of carbonyl (C=O) groups excluding carboxylic acids is 1. The number of benzene rings is 1. The normalized spacial score (nSPS) is 14.8. The molecule has 0 saturated heterocycles. The van der Waals surface area contributed by atoms with Crippen LogP contribution >= 0.6 is 15.9 Å². The summed E-state index contributed by atoms with van der Waals surface area (Å²) in [4.78, 5) is 12.0. The van der Waals surface area contributed by atoms with E-state index in [-0.39, 0.29) is 19.1 Å². The van der Waals surface area contributed by atoms with Gasteiger partial charge in [-0.15, -0.1) is 0 Å². The second-order valence-corrected chi connectivity index (χ2v) is 5.71. The van der Waals surface area contributed by atoms with E-state index in [1.165, 1.54) is 0 Å². The largest absolute Gasteiger partial charge is 0.488 e. The smallest absolute Gasteiger partial charge is 0.250 e. The number of ether oxygens (including phenoxy) is 1. The summed E-state index contributed by atoms with van der Waals surface area (Å²) >= 11 is 3.40. The lowest BCUT2D eigenvalue weighted by Gasteiger charge is -2.18. The summed E-state index contributed by atoms with van der Waals surface area (Å²) < 4.78 is 6.49. The summed E-state index contributed by atoms with van der Waals surface area (Å²) in [6.45, 7) is 2.52. The van der Waals surface area contributed by atoms with Crippen molar-refractivity contribution in [2.24, 2.45) is 0 Å². The third-order valence-corrected chi connectivity index (χ3v) is 3.59. The van der Waals surface area contributed by atoms with Gasteiger partial charge in [0.25, 0.3) is 5.91 Å². The lowest BCUT2D eigenvalue weighted by molar-refractivity contribution is -0.118. The summed E-state index contributed by atoms with van der Waals surface area (Å²) in [6, 6.07) is 5.68. The fourth-order valence-corrected chi connectivity index (χ4v) is 2.42. The molecular weight excluding hydrogens is 322 g/mol. The first-order valence-electron chi connectivity index (χ1n) is 6.69. The van der Waals surface area contributed by atoms with Crippen molar-refractivity contribution in [2.45, 2.75) is 25.9 Å². The molecule has 0 saturated carbocycles. The average molecular weight is 340 g/mol. The van der Waals surface area contributed by atoms with Gasteiger partial charge >= 0.3 is 0 Å². The second kappa shape index (κ2) is 6.90. The number of hydrogen-bond acceptors (Lipinski definition) is 3. The second-order valence-electron chi connectivity index (χ2n) is 4.79. The highest BCUT2D eigenvalue weighted by Gasteiger charge is 2.17. The zero-order chi connectivity index (χ0) is 14.5. The Bertz CT molecular complexity index is 528. The molecule has 1 unspecified atom stereocenters. The Morgan fingerprint density at radius 2 is 2.35 bits per heavy atom. The molecule has 2 N–H and O–H groups in total. The predicted octanol–water partition coefficient (Wildman–Crippen LogP) is 2.50. The van der Waals surface area contributed by atoms with Crippen LogP contribution in [0.2, 0.25) is 0 Å². The van der Waals surface area contributed by atoms with Gasteiger partial charge in [0, 0.05) is 16.6 Å². The van der Waals surface area contributed by atoms with Crippen LogP contribution in [-0.2, 0) is 4.79 Å². The van der Waals surface area contributed by atoms with E-state index in [2.05, 4.69) is 21.2 Å². The Balaban J connectivity index is 2.01. The van der Waals surface area contributed by atoms with E-state index in [0.717, 1.165) is 22.2 Å². The Morgan fingerprint density at radius 3 is 3.10 bits per heavy atom. The summed E-state index contributed by atoms with van der Waals surface area (Å²) in [5.41, 5.74) is 1.45. The molecule has 0 spiro atoms. The zero-order valence-electron chi connectivity index (χ0n) is 11.4. The van der Waals surface area contributed by atoms with E-state index in [4.69, 9.17) is 4.74 Å². The van der Waals surface area contributed by atoms with Crippen molar-refractivity contribution in [3.8, 4) is 5.75 Å². The summed E-state index contributed by atoms with van der Waals surface area (Å²) in [7, 11) is 0. The Morgan fingerprint density at radius 1 is 1.55 bits per heavy atom. The molecule has 5 heteroatoms. The number of hydrogen-bond donors (Lipinski definition) is 2. The third-order valence-electron chi connectivity index (χ3n) is 3.10. The SMILES string of the molecule is CCCC(O)CNC(=O)C1=Cc2cc(Br)ccc2OC1. The number of fused-ring (bicyclic) bond motifs is 1. The fraction of sp³-hybridized carbons (Fsp3) is 0.400. The molecule has 0 bridgehead atoms. The number of carbonyl (C=O) groups is 1. The topological polar surface area (TPSA) is 58.6 Å². The van der Waals surface area contributed by atoms with Crippen molar-refractivity contribution in [3.63, 3.8) is 0 Å². The summed E-state index contributed by atoms with van der Waals surface area (Å²) in [6.07, 6.45) is 2.91. The molecule has 0 aromatic heterocycles. The van der Waals surface area contributed by atoms with E-state index in [1.807, 2.05) is 31.2 Å². The quantitative estimate of drug-likeness (QED) is 0.866. The monoisotopic (exact) mass is 339 g/mol. The molecule has 1 aromatic carbocycles. The standard InChI is InChI=1S/C15H18BrNO3/c1-2-3-13(18)8-17-15(19)11-6-10-7-12(16)4-5-14(10)20-9-11/h4-7,13,18H,2-3,8-9H2,1H3,(H,17,19). The van der Waals surface area contributed by atoms with Crippen LogP contribution in [0.1, 0.15) is 25.3 Å². The number of aliphatic hydroxyl groups excluding tert-OH is 1. The average Bonchev–Trinajstić information content (AvgIpc) is 2.44. The highest BCUT2D eigenvalue weighted by atomic mass is 79.9. The van der Waals surface area contributed by atoms with Gasteiger partial charge < -0.3 is 15.2 Å². The maximum atomic E-state index is 12.0. The van der Waals surface area contributed by atoms with Crippen molar-refractivity contribution in [3.05, 3.63) is 33.8 Å². The summed E-state index contributed by atoms with van der Waals surface area (Å²) in [5.74, 6) is 0.585. The minimum absolute atomic E-state index is 0.189. The third kappa shape index (κ3) is 3.84. The lowest BCUT2D eigenvalue weighted by Crippen LogP contribution is -2.34. The van der Waals surface area contributed by atoms with Crippen molar-refractivity contribution in [2.75, 3.05) is 13.2 Å². The Kier molecular flexibility index (Phi) is 5.20. The molecule has 0 aliphatic carbocycles. The van der Waals surface area contributed by atoms with Crippen LogP contribution < -0.4 is 10.1 Å². The zero-order valence-corrected chi connectivity index (χ0v) is 12.9. The van der Waals surface area contributed by atoms with Gasteiger partial charge in [0.2, 0.25) is 0 Å². The molecule has 108 valence electrons. The van der Waals surface area contributed by atoms with Gasteiger partial charge in [0.05, 0.1) is 11.7 Å². The Labute approximate surface area is 127 Å². The molecule has 2 rings (SSSR count). The number of nitrogens with one attached hydrogen (secondary N) is 1. The molecular formula is C15H18BrNO3. The minimum Gasteiger partial charge on any atom is -0.488 e. The van der Waals surface area contributed by atoms with Gasteiger partial charge in [-0.3, -0.25) is 4.79 Å². The molecule has 1 aromatic rings. The van der Waals surface area contributed by atoms with Crippen LogP contribution in [0, 0.1) is 0 Å². The van der Waals surface area contributed by atoms with Crippen LogP contribution in [0.4, 0.5) is 0 Å². The molecule has 1 amide bonds. The van der Waals surface area contributed by atoms with Crippen LogP contribution in [0.3, 0.4) is 0 Å². The number of amides is 1. The van der Waals surface area contributed by atoms with Gasteiger partial charge in [0.15, 0.2) is 0 Å². The highest BCUT2D eigenvalue weighted by Crippen LogP contribution is 2.29. The van der Waals surface area contributed by atoms with Crippen LogP contribution in [0.5, 0.6) is 5.75 Å². The molecule has 0 fully saturated rings. The van der Waals surface area contributed by atoms with Crippen molar-refractivity contribution in [1.29, 1.82) is 0 Å². The van der Waals surface area contributed by atoms with E-state index >= 15 is 0 Å². The molecule has 1 aliphatic heterocycles. The van der Waals surface area contributed by atoms with Gasteiger partial charge in [0.1, 0.15) is 12.4 Å². The first kappa shape index (κ1) is 15.1. The molecule has 0 radical (unpaired) electrons. The minimum atomic E-state index is -0.490. The maximum Gasteiger partial charge on any atom is 0.250 e. The predicted molar refractivity (Wildman–Crippen MR) is 81.5 cm³/mol. The lowest BCUT2D eigenvalue weighted by atomic mass is 10.1. The van der Waals surface area contributed by atoms with Gasteiger partial charge in [-0.2, -0.15) is 0 Å². The number of rotatable bonds is 5. The van der Waals surface area contributed by atoms with Crippen molar-refractivity contribution < 1.29 is 14.6 Å². The molecule has 1 atom stereocenters. The van der Waals surface area contributed by atoms with Crippen molar-refractivity contribution in [1.82, 2.24) is 5.32 Å². The van der Waals surface area contributed by atoms with Crippen LogP contribution in [0.15, 0.2) is 28.2 Å². The molecule has 20 heavy (non-hydrogen) atoms. The fourth-order valence-electron chi connectivity index (χ4n) is 2.04.